The Morgan fingerprint density at radius 3 is 1.80 bits per heavy atom. The van der Waals surface area contributed by atoms with Crippen LogP contribution in [-0.4, -0.2) is 8.07 Å². The third-order valence-corrected chi connectivity index (χ3v) is 8.21. The molecule has 0 heterocycles. The molecule has 25 heavy (non-hydrogen) atoms. The van der Waals surface area contributed by atoms with Crippen molar-refractivity contribution in [3.05, 3.63) is 83.1 Å². The van der Waals surface area contributed by atoms with Gasteiger partial charge in [0.2, 0.25) is 0 Å². The Labute approximate surface area is 153 Å². The molecule has 0 aromatic heterocycles. The first-order chi connectivity index (χ1) is 11.8. The van der Waals surface area contributed by atoms with E-state index >= 15 is 0 Å². The summed E-state index contributed by atoms with van der Waals surface area (Å²) in [7, 11) is -1.25. The second-order valence-corrected chi connectivity index (χ2v) is 14.3. The predicted octanol–water partition coefficient (Wildman–Crippen LogP) is 6.81. The fraction of sp³-hybridized carbons (Fsp3) is 0.333. The van der Waals surface area contributed by atoms with E-state index in [-0.39, 0.29) is 5.41 Å². The monoisotopic (exact) mass is 344 g/mol. The van der Waals surface area contributed by atoms with Crippen molar-refractivity contribution in [3.63, 3.8) is 0 Å². The summed E-state index contributed by atoms with van der Waals surface area (Å²) in [6.45, 7) is 12.2. The first-order valence-corrected chi connectivity index (χ1v) is 12.9. The molecule has 2 aliphatic rings. The molecule has 2 aliphatic carbocycles. The lowest BCUT2D eigenvalue weighted by molar-refractivity contribution is 0.267. The second kappa shape index (κ2) is 5.57. The van der Waals surface area contributed by atoms with Crippen LogP contribution in [0.5, 0.6) is 0 Å². The number of hydrogen-bond donors (Lipinski definition) is 0. The van der Waals surface area contributed by atoms with Gasteiger partial charge in [-0.3, -0.25) is 0 Å². The van der Waals surface area contributed by atoms with Crippen LogP contribution in [0.25, 0.3) is 11.1 Å². The van der Waals surface area contributed by atoms with Crippen molar-refractivity contribution in [2.75, 3.05) is 0 Å². The lowest BCUT2D eigenvalue weighted by Gasteiger charge is -2.37. The number of fused-ring (bicyclic) bond motifs is 3. The molecule has 2 aromatic rings. The molecule has 0 spiro atoms. The molecule has 1 heteroatoms. The first kappa shape index (κ1) is 16.6. The fourth-order valence-electron chi connectivity index (χ4n) is 4.62. The number of hydrogen-bond acceptors (Lipinski definition) is 0. The average molecular weight is 345 g/mol. The number of rotatable bonds is 3. The Bertz CT molecular complexity index is 831. The minimum atomic E-state index is -1.25. The van der Waals surface area contributed by atoms with Crippen LogP contribution in [0.15, 0.2) is 72.0 Å². The molecule has 2 aromatic carbocycles. The van der Waals surface area contributed by atoms with E-state index < -0.39 is 8.07 Å². The van der Waals surface area contributed by atoms with Crippen LogP contribution in [0.2, 0.25) is 19.6 Å². The van der Waals surface area contributed by atoms with Gasteiger partial charge in [0, 0.05) is 11.8 Å². The van der Waals surface area contributed by atoms with Crippen molar-refractivity contribution in [1.82, 2.24) is 0 Å². The van der Waals surface area contributed by atoms with E-state index in [2.05, 4.69) is 100 Å². The topological polar surface area (TPSA) is 0 Å². The maximum atomic E-state index is 2.57. The quantitative estimate of drug-likeness (QED) is 0.536. The van der Waals surface area contributed by atoms with Gasteiger partial charge in [0.05, 0.1) is 8.07 Å². The van der Waals surface area contributed by atoms with Crippen molar-refractivity contribution in [3.8, 4) is 11.1 Å². The van der Waals surface area contributed by atoms with Gasteiger partial charge in [0.15, 0.2) is 0 Å². The zero-order valence-corrected chi connectivity index (χ0v) is 17.0. The summed E-state index contributed by atoms with van der Waals surface area (Å²) < 4.78 is 0. The van der Waals surface area contributed by atoms with Crippen LogP contribution in [0.4, 0.5) is 0 Å². The van der Waals surface area contributed by atoms with E-state index in [1.54, 1.807) is 5.20 Å². The van der Waals surface area contributed by atoms with Gasteiger partial charge >= 0.3 is 0 Å². The summed E-state index contributed by atoms with van der Waals surface area (Å²) >= 11 is 0. The normalized spacial score (nSPS) is 19.7. The summed E-state index contributed by atoms with van der Waals surface area (Å²) in [6.07, 6.45) is 7.43. The highest BCUT2D eigenvalue weighted by molar-refractivity contribution is 6.83. The minimum absolute atomic E-state index is 0.153. The van der Waals surface area contributed by atoms with E-state index in [1.807, 2.05) is 0 Å². The summed E-state index contributed by atoms with van der Waals surface area (Å²) in [5.74, 6) is 0.949. The van der Waals surface area contributed by atoms with E-state index in [1.165, 1.54) is 22.3 Å². The molecule has 0 radical (unpaired) electrons. The molecule has 0 fully saturated rings. The number of allylic oxidation sites excluding steroid dienone is 4. The molecule has 128 valence electrons. The van der Waals surface area contributed by atoms with Gasteiger partial charge in [-0.15, -0.1) is 0 Å². The van der Waals surface area contributed by atoms with Crippen molar-refractivity contribution in [1.29, 1.82) is 0 Å². The SMILES string of the molecule is CC(C)(C1C=CC([Si](C)(C)C)=C1)C1c2ccccc2-c2ccccc21. The third-order valence-electron chi connectivity index (χ3n) is 6.15. The zero-order valence-electron chi connectivity index (χ0n) is 16.0. The Hall–Kier alpha value is -1.86. The van der Waals surface area contributed by atoms with Gasteiger partial charge in [0.1, 0.15) is 0 Å². The largest absolute Gasteiger partial charge is 0.0778 e. The molecule has 0 saturated carbocycles. The van der Waals surface area contributed by atoms with Crippen molar-refractivity contribution in [2.45, 2.75) is 39.4 Å². The Balaban J connectivity index is 1.82. The van der Waals surface area contributed by atoms with E-state index in [4.69, 9.17) is 0 Å². The maximum Gasteiger partial charge on any atom is 0.0771 e. The molecule has 1 unspecified atom stereocenters. The second-order valence-electron chi connectivity index (χ2n) is 9.19. The molecule has 0 N–H and O–H groups in total. The average Bonchev–Trinajstić information content (AvgIpc) is 3.18. The summed E-state index contributed by atoms with van der Waals surface area (Å²) in [5.41, 5.74) is 6.00. The van der Waals surface area contributed by atoms with E-state index in [9.17, 15) is 0 Å². The van der Waals surface area contributed by atoms with E-state index in [0.717, 1.165) is 0 Å². The molecular weight excluding hydrogens is 316 g/mol. The molecular formula is C24H28Si. The molecule has 4 rings (SSSR count). The predicted molar refractivity (Wildman–Crippen MR) is 112 cm³/mol. The van der Waals surface area contributed by atoms with Gasteiger partial charge in [0.25, 0.3) is 0 Å². The van der Waals surface area contributed by atoms with Crippen LogP contribution in [0, 0.1) is 11.3 Å². The maximum absolute atomic E-state index is 2.57. The Morgan fingerprint density at radius 2 is 1.32 bits per heavy atom. The van der Waals surface area contributed by atoms with Gasteiger partial charge in [-0.25, -0.2) is 0 Å². The third kappa shape index (κ3) is 2.57. The van der Waals surface area contributed by atoms with Gasteiger partial charge in [-0.1, -0.05) is 105 Å². The molecule has 0 saturated heterocycles. The Morgan fingerprint density at radius 1 is 0.800 bits per heavy atom. The lowest BCUT2D eigenvalue weighted by Crippen LogP contribution is -2.29. The highest BCUT2D eigenvalue weighted by Gasteiger charge is 2.43. The molecule has 0 nitrogen and oxygen atoms in total. The smallest absolute Gasteiger partial charge is 0.0771 e. The van der Waals surface area contributed by atoms with Crippen molar-refractivity contribution >= 4 is 8.07 Å². The number of benzene rings is 2. The fourth-order valence-corrected chi connectivity index (χ4v) is 5.90. The molecule has 1 atom stereocenters. The van der Waals surface area contributed by atoms with Crippen LogP contribution < -0.4 is 0 Å². The first-order valence-electron chi connectivity index (χ1n) is 9.39. The van der Waals surface area contributed by atoms with Crippen LogP contribution in [0.3, 0.4) is 0 Å². The van der Waals surface area contributed by atoms with Crippen LogP contribution in [-0.2, 0) is 0 Å². The van der Waals surface area contributed by atoms with Gasteiger partial charge < -0.3 is 0 Å². The van der Waals surface area contributed by atoms with Gasteiger partial charge in [-0.2, -0.15) is 0 Å². The highest BCUT2D eigenvalue weighted by Crippen LogP contribution is 2.56. The zero-order chi connectivity index (χ0) is 17.8. The lowest BCUT2D eigenvalue weighted by atomic mass is 9.66. The summed E-state index contributed by atoms with van der Waals surface area (Å²) in [4.78, 5) is 0. The summed E-state index contributed by atoms with van der Waals surface area (Å²) in [6, 6.07) is 18.0. The molecule has 0 bridgehead atoms. The minimum Gasteiger partial charge on any atom is -0.0778 e. The van der Waals surface area contributed by atoms with Gasteiger partial charge in [-0.05, 0) is 27.7 Å². The molecule has 0 amide bonds. The highest BCUT2D eigenvalue weighted by atomic mass is 28.3. The van der Waals surface area contributed by atoms with Crippen LogP contribution >= 0.6 is 0 Å². The summed E-state index contributed by atoms with van der Waals surface area (Å²) in [5, 5.41) is 1.60. The molecule has 0 aliphatic heterocycles. The van der Waals surface area contributed by atoms with Crippen molar-refractivity contribution in [2.24, 2.45) is 11.3 Å². The van der Waals surface area contributed by atoms with E-state index in [0.29, 0.717) is 11.8 Å². The Kier molecular flexibility index (Phi) is 3.70. The van der Waals surface area contributed by atoms with Crippen molar-refractivity contribution < 1.29 is 0 Å². The standard InChI is InChI=1S/C24H28Si/c1-24(2,17-14-15-18(16-17)25(3,4)5)23-21-12-8-6-10-19(21)20-11-7-9-13-22(20)23/h6-17,23H,1-5H3. The van der Waals surface area contributed by atoms with Crippen LogP contribution in [0.1, 0.15) is 30.9 Å².